The Labute approximate surface area is 93.1 Å². The largest absolute Gasteiger partial charge is 0.294 e. The number of rotatable bonds is 0. The second-order valence-electron chi connectivity index (χ2n) is 4.03. The van der Waals surface area contributed by atoms with E-state index in [0.29, 0.717) is 5.56 Å². The smallest absolute Gasteiger partial charge is 0.166 e. The van der Waals surface area contributed by atoms with Gasteiger partial charge in [0.25, 0.3) is 0 Å². The van der Waals surface area contributed by atoms with Gasteiger partial charge in [-0.05, 0) is 30.2 Å². The minimum Gasteiger partial charge on any atom is -0.294 e. The lowest BCUT2D eigenvalue weighted by Crippen LogP contribution is -2.13. The van der Waals surface area contributed by atoms with E-state index in [9.17, 15) is 9.18 Å². The molecular formula is C12H13FOS. The second kappa shape index (κ2) is 3.97. The Morgan fingerprint density at radius 3 is 2.93 bits per heavy atom. The van der Waals surface area contributed by atoms with Crippen molar-refractivity contribution in [2.24, 2.45) is 5.92 Å². The number of carbonyl (C=O) groups is 1. The van der Waals surface area contributed by atoms with Crippen LogP contribution in [0.5, 0.6) is 0 Å². The average molecular weight is 224 g/mol. The van der Waals surface area contributed by atoms with Crippen LogP contribution in [0.2, 0.25) is 0 Å². The third-order valence-corrected chi connectivity index (χ3v) is 3.99. The molecule has 0 saturated heterocycles. The Morgan fingerprint density at radius 1 is 1.47 bits per heavy atom. The molecule has 0 bridgehead atoms. The quantitative estimate of drug-likeness (QED) is 0.673. The normalized spacial score (nSPS) is 21.0. The minimum absolute atomic E-state index is 0.00236. The highest BCUT2D eigenvalue weighted by atomic mass is 32.2. The molecule has 0 radical (unpaired) electrons. The van der Waals surface area contributed by atoms with Crippen molar-refractivity contribution in [3.8, 4) is 0 Å². The van der Waals surface area contributed by atoms with E-state index in [1.165, 1.54) is 12.1 Å². The summed E-state index contributed by atoms with van der Waals surface area (Å²) in [5.74, 6) is 1.42. The number of hydrogen-bond donors (Lipinski definition) is 0. The first-order valence-electron chi connectivity index (χ1n) is 5.00. The van der Waals surface area contributed by atoms with Crippen molar-refractivity contribution in [2.75, 3.05) is 5.75 Å². The summed E-state index contributed by atoms with van der Waals surface area (Å²) in [5.41, 5.74) is 2.49. The Morgan fingerprint density at radius 2 is 2.20 bits per heavy atom. The van der Waals surface area contributed by atoms with Gasteiger partial charge < -0.3 is 0 Å². The summed E-state index contributed by atoms with van der Waals surface area (Å²) in [6.07, 6.45) is 0. The third kappa shape index (κ3) is 1.93. The van der Waals surface area contributed by atoms with Crippen molar-refractivity contribution in [1.29, 1.82) is 0 Å². The molecule has 1 nitrogen and oxygen atoms in total. The predicted octanol–water partition coefficient (Wildman–Crippen LogP) is 3.20. The summed E-state index contributed by atoms with van der Waals surface area (Å²) in [5, 5.41) is 0. The number of ketones is 1. The average Bonchev–Trinajstić information content (AvgIpc) is 2.30. The van der Waals surface area contributed by atoms with E-state index in [-0.39, 0.29) is 17.5 Å². The maximum absolute atomic E-state index is 13.2. The van der Waals surface area contributed by atoms with Crippen LogP contribution in [0.3, 0.4) is 0 Å². The van der Waals surface area contributed by atoms with E-state index in [0.717, 1.165) is 22.6 Å². The van der Waals surface area contributed by atoms with Gasteiger partial charge in [0.15, 0.2) is 5.78 Å². The zero-order valence-corrected chi connectivity index (χ0v) is 9.66. The van der Waals surface area contributed by atoms with Crippen molar-refractivity contribution < 1.29 is 9.18 Å². The molecule has 1 atom stereocenters. The monoisotopic (exact) mass is 224 g/mol. The summed E-state index contributed by atoms with van der Waals surface area (Å²) in [4.78, 5) is 12.0. The predicted molar refractivity (Wildman–Crippen MR) is 60.8 cm³/mol. The molecule has 1 aliphatic heterocycles. The number of aryl methyl sites for hydroxylation is 1. The zero-order valence-electron chi connectivity index (χ0n) is 8.84. The van der Waals surface area contributed by atoms with Gasteiger partial charge >= 0.3 is 0 Å². The number of Topliss-reactive ketones (excluding diaryl/α,β-unsaturated/α-hetero) is 1. The molecule has 1 aromatic rings. The molecule has 0 N–H and O–H groups in total. The lowest BCUT2D eigenvalue weighted by Gasteiger charge is -2.09. The molecule has 2 rings (SSSR count). The van der Waals surface area contributed by atoms with Gasteiger partial charge in [-0.2, -0.15) is 11.8 Å². The molecule has 1 unspecified atom stereocenters. The van der Waals surface area contributed by atoms with E-state index >= 15 is 0 Å². The van der Waals surface area contributed by atoms with Crippen LogP contribution in [-0.4, -0.2) is 11.5 Å². The number of benzene rings is 1. The molecule has 80 valence electrons. The molecule has 0 saturated carbocycles. The van der Waals surface area contributed by atoms with Crippen LogP contribution in [0.15, 0.2) is 12.1 Å². The second-order valence-corrected chi connectivity index (χ2v) is 5.06. The molecule has 0 spiro atoms. The Hall–Kier alpha value is -0.830. The van der Waals surface area contributed by atoms with Gasteiger partial charge in [-0.15, -0.1) is 0 Å². The van der Waals surface area contributed by atoms with E-state index in [4.69, 9.17) is 0 Å². The molecule has 0 amide bonds. The molecule has 1 aromatic carbocycles. The minimum atomic E-state index is -0.307. The van der Waals surface area contributed by atoms with Gasteiger partial charge in [-0.25, -0.2) is 4.39 Å². The molecular weight excluding hydrogens is 211 g/mol. The standard InChI is InChI=1S/C12H13FOS/c1-7-3-9(13)4-10-11(7)6-15-5-8(2)12(10)14/h3-4,8H,5-6H2,1-2H3. The summed E-state index contributed by atoms with van der Waals surface area (Å²) >= 11 is 1.75. The maximum atomic E-state index is 13.2. The highest BCUT2D eigenvalue weighted by molar-refractivity contribution is 7.98. The molecule has 0 aliphatic carbocycles. The number of hydrogen-bond acceptors (Lipinski definition) is 2. The van der Waals surface area contributed by atoms with Gasteiger partial charge in [0.2, 0.25) is 0 Å². The van der Waals surface area contributed by atoms with Gasteiger partial charge in [0.1, 0.15) is 5.82 Å². The van der Waals surface area contributed by atoms with Crippen LogP contribution in [-0.2, 0) is 5.75 Å². The number of fused-ring (bicyclic) bond motifs is 1. The van der Waals surface area contributed by atoms with E-state index in [1.54, 1.807) is 11.8 Å². The van der Waals surface area contributed by atoms with Crippen LogP contribution in [0.1, 0.15) is 28.4 Å². The first-order chi connectivity index (χ1) is 7.09. The van der Waals surface area contributed by atoms with Crippen LogP contribution in [0.4, 0.5) is 4.39 Å². The number of thioether (sulfide) groups is 1. The molecule has 1 aliphatic rings. The van der Waals surface area contributed by atoms with Gasteiger partial charge in [-0.1, -0.05) is 6.92 Å². The molecule has 0 aromatic heterocycles. The summed E-state index contributed by atoms with van der Waals surface area (Å²) < 4.78 is 13.2. The van der Waals surface area contributed by atoms with E-state index in [2.05, 4.69) is 0 Å². The molecule has 1 heterocycles. The highest BCUT2D eigenvalue weighted by Crippen LogP contribution is 2.29. The molecule has 0 fully saturated rings. The topological polar surface area (TPSA) is 17.1 Å². The van der Waals surface area contributed by atoms with Crippen LogP contribution >= 0.6 is 11.8 Å². The first kappa shape index (κ1) is 10.7. The number of halogens is 1. The summed E-state index contributed by atoms with van der Waals surface area (Å²) in [6.45, 7) is 3.77. The summed E-state index contributed by atoms with van der Waals surface area (Å²) in [6, 6.07) is 2.88. The van der Waals surface area contributed by atoms with Crippen molar-refractivity contribution in [1.82, 2.24) is 0 Å². The van der Waals surface area contributed by atoms with Crippen molar-refractivity contribution >= 4 is 17.5 Å². The van der Waals surface area contributed by atoms with Crippen molar-refractivity contribution in [3.63, 3.8) is 0 Å². The van der Waals surface area contributed by atoms with Crippen LogP contribution in [0, 0.1) is 18.7 Å². The van der Waals surface area contributed by atoms with E-state index < -0.39 is 0 Å². The molecule has 3 heteroatoms. The number of carbonyl (C=O) groups excluding carboxylic acids is 1. The lowest BCUT2D eigenvalue weighted by atomic mass is 9.94. The zero-order chi connectivity index (χ0) is 11.0. The fourth-order valence-electron chi connectivity index (χ4n) is 1.86. The first-order valence-corrected chi connectivity index (χ1v) is 6.16. The fraction of sp³-hybridized carbons (Fsp3) is 0.417. The maximum Gasteiger partial charge on any atom is 0.166 e. The van der Waals surface area contributed by atoms with Crippen LogP contribution in [0.25, 0.3) is 0 Å². The van der Waals surface area contributed by atoms with Gasteiger partial charge in [0, 0.05) is 23.0 Å². The highest BCUT2D eigenvalue weighted by Gasteiger charge is 2.23. The fourth-order valence-corrected chi connectivity index (χ4v) is 3.07. The van der Waals surface area contributed by atoms with E-state index in [1.807, 2.05) is 13.8 Å². The van der Waals surface area contributed by atoms with Crippen molar-refractivity contribution in [3.05, 3.63) is 34.6 Å². The summed E-state index contributed by atoms with van der Waals surface area (Å²) in [7, 11) is 0. The Kier molecular flexibility index (Phi) is 2.83. The Balaban J connectivity index is 2.58. The SMILES string of the molecule is Cc1cc(F)cc2c1CSCC(C)C2=O. The third-order valence-electron chi connectivity index (χ3n) is 2.77. The lowest BCUT2D eigenvalue weighted by molar-refractivity contribution is 0.0941. The van der Waals surface area contributed by atoms with Crippen LogP contribution < -0.4 is 0 Å². The molecule has 15 heavy (non-hydrogen) atoms. The van der Waals surface area contributed by atoms with Crippen molar-refractivity contribution in [2.45, 2.75) is 19.6 Å². The van der Waals surface area contributed by atoms with Gasteiger partial charge in [0.05, 0.1) is 0 Å². The Bertz CT molecular complexity index is 414. The van der Waals surface area contributed by atoms with Gasteiger partial charge in [-0.3, -0.25) is 4.79 Å².